The van der Waals surface area contributed by atoms with Crippen LogP contribution in [0.3, 0.4) is 0 Å². The largest absolute Gasteiger partial charge is 0.398 e. The molecule has 2 aromatic carbocycles. The highest BCUT2D eigenvalue weighted by atomic mass is 35.5. The Labute approximate surface area is 216 Å². The average molecular weight is 528 g/mol. The zero-order valence-electron chi connectivity index (χ0n) is 18.8. The third-order valence-electron chi connectivity index (χ3n) is 6.63. The van der Waals surface area contributed by atoms with Gasteiger partial charge in [0.05, 0.1) is 50.3 Å². The minimum atomic E-state index is -1.12. The molecule has 3 N–H and O–H groups in total. The van der Waals surface area contributed by atoms with Crippen LogP contribution in [0.2, 0.25) is 10.0 Å². The van der Waals surface area contributed by atoms with Crippen molar-refractivity contribution in [1.82, 2.24) is 4.98 Å². The van der Waals surface area contributed by atoms with E-state index in [2.05, 4.69) is 11.1 Å². The number of thiazole rings is 1. The maximum Gasteiger partial charge on any atom is 0.166 e. The van der Waals surface area contributed by atoms with Gasteiger partial charge in [-0.05, 0) is 56.0 Å². The summed E-state index contributed by atoms with van der Waals surface area (Å²) in [6.07, 6.45) is 2.87. The van der Waals surface area contributed by atoms with Gasteiger partial charge in [-0.3, -0.25) is 4.79 Å². The van der Waals surface area contributed by atoms with Crippen LogP contribution in [0.15, 0.2) is 42.0 Å². The van der Waals surface area contributed by atoms with Gasteiger partial charge in [0.2, 0.25) is 0 Å². The predicted molar refractivity (Wildman–Crippen MR) is 137 cm³/mol. The first kappa shape index (κ1) is 24.2. The minimum absolute atomic E-state index is 0.0227. The summed E-state index contributed by atoms with van der Waals surface area (Å²) in [5, 5.41) is 21.9. The number of ether oxygens (including phenoxy) is 1. The average Bonchev–Trinajstić information content (AvgIpc) is 3.48. The van der Waals surface area contributed by atoms with Gasteiger partial charge in [0.25, 0.3) is 0 Å². The lowest BCUT2D eigenvalue weighted by Crippen LogP contribution is -2.24. The Hall–Kier alpha value is -2.47. The quantitative estimate of drug-likeness (QED) is 0.388. The van der Waals surface area contributed by atoms with Gasteiger partial charge in [-0.1, -0.05) is 29.3 Å². The molecule has 2 aliphatic carbocycles. The summed E-state index contributed by atoms with van der Waals surface area (Å²) < 4.78 is 7.01. The lowest BCUT2D eigenvalue weighted by atomic mass is 10.0. The van der Waals surface area contributed by atoms with E-state index in [-0.39, 0.29) is 30.1 Å². The molecule has 2 atom stereocenters. The van der Waals surface area contributed by atoms with E-state index in [1.165, 1.54) is 11.3 Å². The Bertz CT molecular complexity index is 1370. The molecule has 0 amide bonds. The predicted octanol–water partition coefficient (Wildman–Crippen LogP) is 5.58. The molecule has 9 heteroatoms. The van der Waals surface area contributed by atoms with Crippen molar-refractivity contribution in [3.8, 4) is 6.07 Å². The molecule has 0 radical (unpaired) electrons. The third-order valence-corrected chi connectivity index (χ3v) is 8.47. The van der Waals surface area contributed by atoms with Crippen molar-refractivity contribution in [2.45, 2.75) is 43.8 Å². The minimum Gasteiger partial charge on any atom is -0.398 e. The molecule has 1 heterocycles. The Balaban J connectivity index is 1.35. The number of aromatic nitrogens is 1. The van der Waals surface area contributed by atoms with Crippen molar-refractivity contribution in [2.24, 2.45) is 11.7 Å². The molecule has 2 unspecified atom stereocenters. The number of benzene rings is 2. The fraction of sp³-hybridized carbons (Fsp3) is 0.346. The molecule has 5 rings (SSSR count). The van der Waals surface area contributed by atoms with Gasteiger partial charge in [0.15, 0.2) is 5.78 Å². The molecule has 0 bridgehead atoms. The number of hydrogen-bond donors (Lipinski definition) is 2. The van der Waals surface area contributed by atoms with E-state index in [1.54, 1.807) is 36.4 Å². The topological polar surface area (TPSA) is 109 Å². The van der Waals surface area contributed by atoms with Crippen molar-refractivity contribution < 1.29 is 14.6 Å². The Morgan fingerprint density at radius 2 is 2.00 bits per heavy atom. The van der Waals surface area contributed by atoms with Gasteiger partial charge in [-0.25, -0.2) is 4.98 Å². The molecule has 0 saturated heterocycles. The van der Waals surface area contributed by atoms with E-state index in [0.717, 1.165) is 23.1 Å². The molecule has 180 valence electrons. The molecule has 0 spiro atoms. The van der Waals surface area contributed by atoms with Gasteiger partial charge < -0.3 is 15.6 Å². The smallest absolute Gasteiger partial charge is 0.166 e. The van der Waals surface area contributed by atoms with E-state index in [4.69, 9.17) is 38.9 Å². The molecule has 6 nitrogen and oxygen atoms in total. The number of nitriles is 1. The highest BCUT2D eigenvalue weighted by Gasteiger charge is 2.42. The van der Waals surface area contributed by atoms with Crippen LogP contribution in [0.5, 0.6) is 0 Å². The van der Waals surface area contributed by atoms with Crippen LogP contribution in [-0.2, 0) is 15.1 Å². The zero-order chi connectivity index (χ0) is 24.7. The zero-order valence-corrected chi connectivity index (χ0v) is 21.1. The van der Waals surface area contributed by atoms with Gasteiger partial charge >= 0.3 is 0 Å². The Morgan fingerprint density at radius 3 is 2.69 bits per heavy atom. The van der Waals surface area contributed by atoms with Crippen LogP contribution in [0.1, 0.15) is 48.2 Å². The van der Waals surface area contributed by atoms with E-state index >= 15 is 0 Å². The monoisotopic (exact) mass is 527 g/mol. The molecular weight excluding hydrogens is 505 g/mol. The second-order valence-electron chi connectivity index (χ2n) is 9.15. The number of rotatable bonds is 7. The molecule has 2 saturated carbocycles. The number of hydrogen-bond acceptors (Lipinski definition) is 7. The van der Waals surface area contributed by atoms with E-state index in [9.17, 15) is 9.90 Å². The summed E-state index contributed by atoms with van der Waals surface area (Å²) >= 11 is 14.1. The molecule has 2 aliphatic rings. The van der Waals surface area contributed by atoms with Crippen molar-refractivity contribution in [3.63, 3.8) is 0 Å². The number of aliphatic hydroxyl groups is 1. The van der Waals surface area contributed by atoms with Crippen molar-refractivity contribution >= 4 is 56.2 Å². The number of fused-ring (bicyclic) bond motifs is 1. The lowest BCUT2D eigenvalue weighted by Gasteiger charge is -2.20. The summed E-state index contributed by atoms with van der Waals surface area (Å²) in [7, 11) is 0. The Kier molecular flexibility index (Phi) is 6.60. The van der Waals surface area contributed by atoms with Crippen molar-refractivity contribution in [1.29, 1.82) is 5.26 Å². The fourth-order valence-electron chi connectivity index (χ4n) is 4.49. The van der Waals surface area contributed by atoms with Gasteiger partial charge in [0, 0.05) is 23.5 Å². The number of carbonyl (C=O) groups is 1. The number of halogens is 2. The number of nitrogens with two attached hydrogens (primary N) is 1. The van der Waals surface area contributed by atoms with E-state index < -0.39 is 5.60 Å². The van der Waals surface area contributed by atoms with Crippen LogP contribution >= 0.6 is 34.5 Å². The van der Waals surface area contributed by atoms with Crippen molar-refractivity contribution in [2.75, 3.05) is 6.61 Å². The first-order valence-corrected chi connectivity index (χ1v) is 13.0. The molecule has 1 aromatic heterocycles. The maximum atomic E-state index is 13.1. The van der Waals surface area contributed by atoms with Crippen LogP contribution in [0.25, 0.3) is 15.9 Å². The normalized spacial score (nSPS) is 22.7. The highest BCUT2D eigenvalue weighted by molar-refractivity contribution is 7.18. The standard InChI is InChI=1S/C26H23Cl2N3O3S/c27-18-2-1-3-19(28)22(18)23(30)17(24(32)15-5-6-15)13-34-16-8-9-26(33,11-16)25-31-20-7-4-14(12-29)10-21(20)35-25/h1-4,7,10,15-16,33H,5-6,8-9,11,13,30H2. The molecule has 2 fully saturated rings. The molecule has 3 aromatic rings. The summed E-state index contributed by atoms with van der Waals surface area (Å²) in [6, 6.07) is 12.5. The van der Waals surface area contributed by atoms with Crippen LogP contribution in [-0.4, -0.2) is 28.6 Å². The second kappa shape index (κ2) is 9.53. The van der Waals surface area contributed by atoms with Crippen LogP contribution < -0.4 is 5.73 Å². The fourth-order valence-corrected chi connectivity index (χ4v) is 6.22. The Morgan fingerprint density at radius 1 is 1.26 bits per heavy atom. The number of Topliss-reactive ketones (excluding diaryl/α,β-unsaturated/α-hetero) is 1. The van der Waals surface area contributed by atoms with Gasteiger partial charge in [0.1, 0.15) is 10.6 Å². The van der Waals surface area contributed by atoms with Crippen LogP contribution in [0, 0.1) is 17.2 Å². The molecule has 35 heavy (non-hydrogen) atoms. The first-order valence-electron chi connectivity index (χ1n) is 11.4. The highest BCUT2D eigenvalue weighted by Crippen LogP contribution is 2.43. The number of carbonyl (C=O) groups excluding carboxylic acids is 1. The SMILES string of the molecule is N#Cc1ccc2nc(C3(O)CCC(OCC(C(=O)C4CC4)=C(N)c4c(Cl)cccc4Cl)C3)sc2c1. The number of nitrogens with zero attached hydrogens (tertiary/aromatic N) is 2. The number of ketones is 1. The summed E-state index contributed by atoms with van der Waals surface area (Å²) in [5.41, 5.74) is 7.69. The summed E-state index contributed by atoms with van der Waals surface area (Å²) in [5.74, 6) is -0.0822. The lowest BCUT2D eigenvalue weighted by molar-refractivity contribution is -0.117. The summed E-state index contributed by atoms with van der Waals surface area (Å²) in [6.45, 7) is 0.0227. The summed E-state index contributed by atoms with van der Waals surface area (Å²) in [4.78, 5) is 17.7. The van der Waals surface area contributed by atoms with Crippen molar-refractivity contribution in [3.05, 3.63) is 68.2 Å². The first-order chi connectivity index (χ1) is 16.8. The van der Waals surface area contributed by atoms with Crippen LogP contribution in [0.4, 0.5) is 0 Å². The third kappa shape index (κ3) is 4.82. The van der Waals surface area contributed by atoms with E-state index in [1.807, 2.05) is 0 Å². The molecule has 0 aliphatic heterocycles. The van der Waals surface area contributed by atoms with E-state index in [0.29, 0.717) is 51.0 Å². The second-order valence-corrected chi connectivity index (χ2v) is 11.0. The molecular formula is C26H23Cl2N3O3S. The van der Waals surface area contributed by atoms with Gasteiger partial charge in [-0.15, -0.1) is 11.3 Å². The maximum absolute atomic E-state index is 13.1. The van der Waals surface area contributed by atoms with Gasteiger partial charge in [-0.2, -0.15) is 5.26 Å².